The highest BCUT2D eigenvalue weighted by Gasteiger charge is 2.18. The fraction of sp³-hybridized carbons (Fsp3) is 0.368. The summed E-state index contributed by atoms with van der Waals surface area (Å²) in [5.74, 6) is 0.909. The number of thiophene rings is 1. The third kappa shape index (κ3) is 2.63. The van der Waals surface area contributed by atoms with Crippen LogP contribution in [0.2, 0.25) is 0 Å². The van der Waals surface area contributed by atoms with Gasteiger partial charge in [0.1, 0.15) is 16.1 Å². The number of nitrogens with one attached hydrogen (secondary N) is 1. The van der Waals surface area contributed by atoms with Gasteiger partial charge in [0.2, 0.25) is 0 Å². The molecule has 1 aromatic carbocycles. The van der Waals surface area contributed by atoms with Crippen LogP contribution in [0.15, 0.2) is 30.6 Å². The summed E-state index contributed by atoms with van der Waals surface area (Å²) in [6.45, 7) is 0.743. The van der Waals surface area contributed by atoms with Crippen LogP contribution in [-0.2, 0) is 25.8 Å². The molecule has 2 aromatic heterocycles. The average Bonchev–Trinajstić information content (AvgIpc) is 3.00. The van der Waals surface area contributed by atoms with Crippen LogP contribution in [0.25, 0.3) is 10.2 Å². The summed E-state index contributed by atoms with van der Waals surface area (Å²) < 4.78 is 7.39. The van der Waals surface area contributed by atoms with Crippen LogP contribution in [0, 0.1) is 5.41 Å². The van der Waals surface area contributed by atoms with Gasteiger partial charge in [-0.15, -0.1) is 11.3 Å². The number of nitrogens with zero attached hydrogens (tertiary/aromatic N) is 2. The quantitative estimate of drug-likeness (QED) is 0.788. The van der Waals surface area contributed by atoms with Crippen molar-refractivity contribution in [2.45, 2.75) is 38.6 Å². The maximum atomic E-state index is 8.66. The molecular weight excluding hydrogens is 318 g/mol. The third-order valence-electron chi connectivity index (χ3n) is 4.81. The molecule has 0 fully saturated rings. The van der Waals surface area contributed by atoms with Crippen molar-refractivity contribution in [2.24, 2.45) is 0 Å². The third-order valence-corrected chi connectivity index (χ3v) is 6.01. The molecule has 0 radical (unpaired) electrons. The van der Waals surface area contributed by atoms with Crippen molar-refractivity contribution >= 4 is 21.6 Å². The highest BCUT2D eigenvalue weighted by molar-refractivity contribution is 7.18. The first-order chi connectivity index (χ1) is 11.8. The Morgan fingerprint density at radius 3 is 2.96 bits per heavy atom. The molecule has 1 aliphatic rings. The lowest BCUT2D eigenvalue weighted by atomic mass is 9.97. The van der Waals surface area contributed by atoms with Crippen LogP contribution >= 0.6 is 11.3 Å². The lowest BCUT2D eigenvalue weighted by Gasteiger charge is -2.12. The molecule has 0 spiro atoms. The van der Waals surface area contributed by atoms with Gasteiger partial charge in [-0.05, 0) is 49.3 Å². The monoisotopic (exact) mass is 339 g/mol. The van der Waals surface area contributed by atoms with E-state index in [-0.39, 0.29) is 0 Å². The Hall–Kier alpha value is -2.14. The van der Waals surface area contributed by atoms with E-state index in [2.05, 4.69) is 11.1 Å². The van der Waals surface area contributed by atoms with E-state index < -0.39 is 0 Å². The number of hydrogen-bond acceptors (Lipinski definition) is 4. The minimum Gasteiger partial charge on any atom is -0.496 e. The molecule has 5 heteroatoms. The van der Waals surface area contributed by atoms with E-state index in [1.165, 1.54) is 28.8 Å². The molecule has 0 saturated heterocycles. The number of ether oxygens (including phenoxy) is 1. The molecule has 124 valence electrons. The number of aromatic nitrogens is 2. The fourth-order valence-corrected chi connectivity index (χ4v) is 4.76. The van der Waals surface area contributed by atoms with Crippen molar-refractivity contribution in [1.29, 1.82) is 5.41 Å². The van der Waals surface area contributed by atoms with Crippen molar-refractivity contribution in [3.05, 3.63) is 52.1 Å². The summed E-state index contributed by atoms with van der Waals surface area (Å²) in [6.07, 6.45) is 7.40. The molecule has 2 heterocycles. The van der Waals surface area contributed by atoms with E-state index >= 15 is 0 Å². The lowest BCUT2D eigenvalue weighted by Crippen LogP contribution is -2.22. The highest BCUT2D eigenvalue weighted by atomic mass is 32.1. The maximum absolute atomic E-state index is 8.66. The second-order valence-corrected chi connectivity index (χ2v) is 7.32. The molecule has 0 atom stereocenters. The zero-order chi connectivity index (χ0) is 16.5. The van der Waals surface area contributed by atoms with E-state index in [4.69, 9.17) is 10.1 Å². The molecule has 0 unspecified atom stereocenters. The Morgan fingerprint density at radius 2 is 2.08 bits per heavy atom. The number of fused-ring (bicyclic) bond motifs is 3. The summed E-state index contributed by atoms with van der Waals surface area (Å²) in [6, 6.07) is 8.08. The zero-order valence-electron chi connectivity index (χ0n) is 13.8. The molecule has 0 amide bonds. The Labute approximate surface area is 145 Å². The van der Waals surface area contributed by atoms with Crippen LogP contribution in [0.3, 0.4) is 0 Å². The standard InChI is InChI=1S/C19H21N3OS/c1-23-15-8-4-2-6-13(15)10-11-22-12-21-19-17(18(22)20)14-7-3-5-9-16(14)24-19/h2,4,6,8,12,20H,3,5,7,9-11H2,1H3. The fourth-order valence-electron chi connectivity index (χ4n) is 3.53. The number of para-hydroxylation sites is 1. The molecule has 0 bridgehead atoms. The summed E-state index contributed by atoms with van der Waals surface area (Å²) in [5.41, 5.74) is 3.15. The molecule has 1 aliphatic carbocycles. The van der Waals surface area contributed by atoms with Gasteiger partial charge in [0, 0.05) is 11.4 Å². The Morgan fingerprint density at radius 1 is 1.25 bits per heavy atom. The molecule has 0 saturated carbocycles. The topological polar surface area (TPSA) is 50.9 Å². The molecule has 3 aromatic rings. The maximum Gasteiger partial charge on any atom is 0.136 e. The minimum atomic E-state index is 0.606. The van der Waals surface area contributed by atoms with Crippen molar-refractivity contribution in [2.75, 3.05) is 7.11 Å². The normalized spacial score (nSPS) is 13.9. The minimum absolute atomic E-state index is 0.606. The highest BCUT2D eigenvalue weighted by Crippen LogP contribution is 2.33. The van der Waals surface area contributed by atoms with Gasteiger partial charge in [-0.3, -0.25) is 5.41 Å². The van der Waals surface area contributed by atoms with E-state index in [0.717, 1.165) is 41.8 Å². The molecule has 4 nitrogen and oxygen atoms in total. The molecule has 0 aliphatic heterocycles. The largest absolute Gasteiger partial charge is 0.496 e. The number of rotatable bonds is 4. The van der Waals surface area contributed by atoms with Gasteiger partial charge in [-0.25, -0.2) is 4.98 Å². The van der Waals surface area contributed by atoms with Gasteiger partial charge in [0.15, 0.2) is 0 Å². The van der Waals surface area contributed by atoms with Gasteiger partial charge >= 0.3 is 0 Å². The van der Waals surface area contributed by atoms with Gasteiger partial charge in [0.25, 0.3) is 0 Å². The first-order valence-electron chi connectivity index (χ1n) is 8.44. The Kier molecular flexibility index (Phi) is 4.10. The molecule has 1 N–H and O–H groups in total. The van der Waals surface area contributed by atoms with Gasteiger partial charge < -0.3 is 9.30 Å². The Balaban J connectivity index is 1.67. The van der Waals surface area contributed by atoms with Crippen molar-refractivity contribution < 1.29 is 4.74 Å². The van der Waals surface area contributed by atoms with Crippen LogP contribution in [0.5, 0.6) is 5.75 Å². The van der Waals surface area contributed by atoms with Crippen molar-refractivity contribution in [3.63, 3.8) is 0 Å². The SMILES string of the molecule is COc1ccccc1CCn1cnc2sc3c(c2c1=N)CCCC3. The summed E-state index contributed by atoms with van der Waals surface area (Å²) in [7, 11) is 1.70. The molecule has 4 rings (SSSR count). The lowest BCUT2D eigenvalue weighted by molar-refractivity contribution is 0.408. The van der Waals surface area contributed by atoms with Crippen LogP contribution in [0.4, 0.5) is 0 Å². The van der Waals surface area contributed by atoms with Gasteiger partial charge in [-0.1, -0.05) is 18.2 Å². The van der Waals surface area contributed by atoms with Crippen LogP contribution < -0.4 is 10.2 Å². The smallest absolute Gasteiger partial charge is 0.136 e. The van der Waals surface area contributed by atoms with Crippen molar-refractivity contribution in [1.82, 2.24) is 9.55 Å². The predicted molar refractivity (Wildman–Crippen MR) is 96.8 cm³/mol. The summed E-state index contributed by atoms with van der Waals surface area (Å²) in [4.78, 5) is 7.10. The van der Waals surface area contributed by atoms with E-state index in [9.17, 15) is 0 Å². The number of hydrogen-bond donors (Lipinski definition) is 1. The summed E-state index contributed by atoms with van der Waals surface area (Å²) >= 11 is 1.78. The van der Waals surface area contributed by atoms with Crippen LogP contribution in [0.1, 0.15) is 28.8 Å². The zero-order valence-corrected chi connectivity index (χ0v) is 14.7. The second kappa shape index (κ2) is 6.40. The van der Waals surface area contributed by atoms with E-state index in [1.807, 2.05) is 29.1 Å². The average molecular weight is 339 g/mol. The molecular formula is C19H21N3OS. The molecule has 24 heavy (non-hydrogen) atoms. The number of benzene rings is 1. The number of aryl methyl sites for hydroxylation is 4. The second-order valence-electron chi connectivity index (χ2n) is 6.24. The first kappa shape index (κ1) is 15.4. The van der Waals surface area contributed by atoms with E-state index in [1.54, 1.807) is 18.4 Å². The summed E-state index contributed by atoms with van der Waals surface area (Å²) in [5, 5.41) is 9.74. The van der Waals surface area contributed by atoms with Crippen molar-refractivity contribution in [3.8, 4) is 5.75 Å². The van der Waals surface area contributed by atoms with Gasteiger partial charge in [0.05, 0.1) is 18.8 Å². The van der Waals surface area contributed by atoms with Crippen LogP contribution in [-0.4, -0.2) is 16.7 Å². The first-order valence-corrected chi connectivity index (χ1v) is 9.25. The predicted octanol–water partition coefficient (Wildman–Crippen LogP) is 3.71. The van der Waals surface area contributed by atoms with E-state index in [0.29, 0.717) is 5.49 Å². The Bertz CT molecular complexity index is 941. The number of methoxy groups -OCH3 is 1. The van der Waals surface area contributed by atoms with Gasteiger partial charge in [-0.2, -0.15) is 0 Å².